The second-order valence-electron chi connectivity index (χ2n) is 5.36. The van der Waals surface area contributed by atoms with Gasteiger partial charge in [-0.05, 0) is 30.0 Å². The molecule has 2 aromatic carbocycles. The van der Waals surface area contributed by atoms with Crippen LogP contribution in [-0.2, 0) is 10.5 Å². The van der Waals surface area contributed by atoms with Crippen molar-refractivity contribution in [1.29, 1.82) is 0 Å². The predicted molar refractivity (Wildman–Crippen MR) is 95.0 cm³/mol. The lowest BCUT2D eigenvalue weighted by atomic mass is 10.0. The van der Waals surface area contributed by atoms with Crippen LogP contribution in [0.3, 0.4) is 0 Å². The highest BCUT2D eigenvalue weighted by atomic mass is 32.2. The number of carbonyl (C=O) groups excluding carboxylic acids is 1. The van der Waals surface area contributed by atoms with Crippen LogP contribution in [0.4, 0.5) is 0 Å². The number of aryl methyl sites for hydroxylation is 1. The predicted octanol–water partition coefficient (Wildman–Crippen LogP) is 4.50. The molecule has 0 aliphatic carbocycles. The standard InChI is InChI=1S/C19H23NOS/c1-3-18(16-10-5-4-6-11-16)20-19(21)14-22-13-17-12-8-7-9-15(17)2/h4-12,18H,3,13-14H2,1-2H3,(H,20,21)/t18-/m1/s1. The third-order valence-electron chi connectivity index (χ3n) is 3.70. The van der Waals surface area contributed by atoms with Crippen LogP contribution >= 0.6 is 11.8 Å². The van der Waals surface area contributed by atoms with Crippen molar-refractivity contribution in [2.75, 3.05) is 5.75 Å². The van der Waals surface area contributed by atoms with E-state index in [1.165, 1.54) is 16.7 Å². The van der Waals surface area contributed by atoms with Gasteiger partial charge in [0.05, 0.1) is 11.8 Å². The van der Waals surface area contributed by atoms with Gasteiger partial charge in [-0.1, -0.05) is 61.5 Å². The highest BCUT2D eigenvalue weighted by Gasteiger charge is 2.12. The Bertz CT molecular complexity index is 597. The number of nitrogens with one attached hydrogen (secondary N) is 1. The van der Waals surface area contributed by atoms with Crippen LogP contribution in [0.1, 0.15) is 36.1 Å². The normalized spacial score (nSPS) is 11.9. The van der Waals surface area contributed by atoms with Crippen molar-refractivity contribution in [3.63, 3.8) is 0 Å². The molecule has 1 N–H and O–H groups in total. The van der Waals surface area contributed by atoms with Gasteiger partial charge in [0, 0.05) is 5.75 Å². The summed E-state index contributed by atoms with van der Waals surface area (Å²) in [6.07, 6.45) is 0.901. The summed E-state index contributed by atoms with van der Waals surface area (Å²) in [5, 5.41) is 3.12. The maximum Gasteiger partial charge on any atom is 0.230 e. The Morgan fingerprint density at radius 1 is 1.09 bits per heavy atom. The molecule has 1 atom stereocenters. The van der Waals surface area contributed by atoms with Gasteiger partial charge in [-0.25, -0.2) is 0 Å². The van der Waals surface area contributed by atoms with E-state index in [0.29, 0.717) is 5.75 Å². The quantitative estimate of drug-likeness (QED) is 0.815. The molecule has 0 unspecified atom stereocenters. The van der Waals surface area contributed by atoms with E-state index in [0.717, 1.165) is 12.2 Å². The fourth-order valence-electron chi connectivity index (χ4n) is 2.37. The molecule has 2 aromatic rings. The number of rotatable bonds is 7. The number of carbonyl (C=O) groups is 1. The minimum Gasteiger partial charge on any atom is -0.349 e. The first-order valence-electron chi connectivity index (χ1n) is 7.67. The third-order valence-corrected chi connectivity index (χ3v) is 4.68. The van der Waals surface area contributed by atoms with Crippen molar-refractivity contribution in [2.24, 2.45) is 0 Å². The summed E-state index contributed by atoms with van der Waals surface area (Å²) in [5.41, 5.74) is 3.75. The molecule has 22 heavy (non-hydrogen) atoms. The van der Waals surface area contributed by atoms with E-state index in [1.54, 1.807) is 11.8 Å². The van der Waals surface area contributed by atoms with Crippen molar-refractivity contribution < 1.29 is 4.79 Å². The highest BCUT2D eigenvalue weighted by Crippen LogP contribution is 2.18. The van der Waals surface area contributed by atoms with Crippen molar-refractivity contribution >= 4 is 17.7 Å². The first-order valence-corrected chi connectivity index (χ1v) is 8.82. The second kappa shape index (κ2) is 8.64. The van der Waals surface area contributed by atoms with E-state index in [1.807, 2.05) is 30.3 Å². The summed E-state index contributed by atoms with van der Waals surface area (Å²) in [6, 6.07) is 18.6. The Balaban J connectivity index is 1.81. The largest absolute Gasteiger partial charge is 0.349 e. The lowest BCUT2D eigenvalue weighted by molar-refractivity contribution is -0.119. The average molecular weight is 313 g/mol. The minimum absolute atomic E-state index is 0.104. The lowest BCUT2D eigenvalue weighted by Gasteiger charge is -2.17. The van der Waals surface area contributed by atoms with Crippen molar-refractivity contribution in [3.05, 3.63) is 71.3 Å². The molecule has 2 rings (SSSR count). The van der Waals surface area contributed by atoms with Crippen molar-refractivity contribution in [1.82, 2.24) is 5.32 Å². The van der Waals surface area contributed by atoms with Crippen LogP contribution in [0, 0.1) is 6.92 Å². The minimum atomic E-state index is 0.104. The van der Waals surface area contributed by atoms with Crippen LogP contribution in [0.5, 0.6) is 0 Å². The van der Waals surface area contributed by atoms with Gasteiger partial charge in [0.2, 0.25) is 5.91 Å². The number of thioether (sulfide) groups is 1. The van der Waals surface area contributed by atoms with E-state index < -0.39 is 0 Å². The number of amides is 1. The first kappa shape index (κ1) is 16.6. The maximum absolute atomic E-state index is 12.1. The monoisotopic (exact) mass is 313 g/mol. The molecule has 3 heteroatoms. The van der Waals surface area contributed by atoms with Gasteiger partial charge < -0.3 is 5.32 Å². The Kier molecular flexibility index (Phi) is 6.53. The van der Waals surface area contributed by atoms with Gasteiger partial charge in [-0.3, -0.25) is 4.79 Å². The average Bonchev–Trinajstić information content (AvgIpc) is 2.55. The van der Waals surface area contributed by atoms with Crippen LogP contribution in [-0.4, -0.2) is 11.7 Å². The van der Waals surface area contributed by atoms with Crippen LogP contribution in [0.25, 0.3) is 0 Å². The summed E-state index contributed by atoms with van der Waals surface area (Å²) < 4.78 is 0. The molecule has 0 fully saturated rings. The van der Waals surface area contributed by atoms with E-state index in [4.69, 9.17) is 0 Å². The molecular weight excluding hydrogens is 290 g/mol. The van der Waals surface area contributed by atoms with E-state index >= 15 is 0 Å². The Hall–Kier alpha value is -1.74. The van der Waals surface area contributed by atoms with Crippen LogP contribution in [0.15, 0.2) is 54.6 Å². The summed E-state index contributed by atoms with van der Waals surface area (Å²) in [4.78, 5) is 12.1. The summed E-state index contributed by atoms with van der Waals surface area (Å²) in [5.74, 6) is 1.48. The third kappa shape index (κ3) is 4.92. The summed E-state index contributed by atoms with van der Waals surface area (Å²) in [6.45, 7) is 4.21. The number of benzene rings is 2. The van der Waals surface area contributed by atoms with Gasteiger partial charge in [-0.2, -0.15) is 0 Å². The molecule has 0 aromatic heterocycles. The molecule has 0 heterocycles. The van der Waals surface area contributed by atoms with Gasteiger partial charge in [0.1, 0.15) is 0 Å². The van der Waals surface area contributed by atoms with E-state index in [9.17, 15) is 4.79 Å². The molecule has 2 nitrogen and oxygen atoms in total. The number of hydrogen-bond acceptors (Lipinski definition) is 2. The van der Waals surface area contributed by atoms with Crippen LogP contribution < -0.4 is 5.32 Å². The van der Waals surface area contributed by atoms with Crippen LogP contribution in [0.2, 0.25) is 0 Å². The smallest absolute Gasteiger partial charge is 0.230 e. The molecule has 1 amide bonds. The zero-order valence-electron chi connectivity index (χ0n) is 13.2. The van der Waals surface area contributed by atoms with Gasteiger partial charge in [0.15, 0.2) is 0 Å². The fourth-order valence-corrected chi connectivity index (χ4v) is 3.28. The SMILES string of the molecule is CC[C@@H](NC(=O)CSCc1ccccc1C)c1ccccc1. The Morgan fingerprint density at radius 3 is 2.45 bits per heavy atom. The first-order chi connectivity index (χ1) is 10.7. The summed E-state index contributed by atoms with van der Waals surface area (Å²) >= 11 is 1.66. The molecule has 0 saturated heterocycles. The molecule has 0 aliphatic rings. The lowest BCUT2D eigenvalue weighted by Crippen LogP contribution is -2.29. The zero-order chi connectivity index (χ0) is 15.8. The molecule has 0 radical (unpaired) electrons. The van der Waals surface area contributed by atoms with Gasteiger partial charge >= 0.3 is 0 Å². The fraction of sp³-hybridized carbons (Fsp3) is 0.316. The van der Waals surface area contributed by atoms with Gasteiger partial charge in [-0.15, -0.1) is 11.8 Å². The Morgan fingerprint density at radius 2 is 1.77 bits per heavy atom. The number of hydrogen-bond donors (Lipinski definition) is 1. The van der Waals surface area contributed by atoms with Gasteiger partial charge in [0.25, 0.3) is 0 Å². The van der Waals surface area contributed by atoms with E-state index in [-0.39, 0.29) is 11.9 Å². The second-order valence-corrected chi connectivity index (χ2v) is 6.34. The molecule has 0 aliphatic heterocycles. The summed E-state index contributed by atoms with van der Waals surface area (Å²) in [7, 11) is 0. The molecule has 0 saturated carbocycles. The molecular formula is C19H23NOS. The topological polar surface area (TPSA) is 29.1 Å². The highest BCUT2D eigenvalue weighted by molar-refractivity contribution is 7.99. The molecule has 0 spiro atoms. The maximum atomic E-state index is 12.1. The van der Waals surface area contributed by atoms with Crippen molar-refractivity contribution in [3.8, 4) is 0 Å². The molecule has 0 bridgehead atoms. The Labute approximate surface area is 137 Å². The van der Waals surface area contributed by atoms with E-state index in [2.05, 4.69) is 43.4 Å². The zero-order valence-corrected chi connectivity index (χ0v) is 14.0. The molecule has 116 valence electrons. The van der Waals surface area contributed by atoms with Crippen molar-refractivity contribution in [2.45, 2.75) is 32.1 Å².